The Morgan fingerprint density at radius 1 is 0.929 bits per heavy atom. The molecule has 28 heavy (non-hydrogen) atoms. The lowest BCUT2D eigenvalue weighted by atomic mass is 10.0. The number of aromatic nitrogens is 2. The van der Waals surface area contributed by atoms with Gasteiger partial charge in [0.25, 0.3) is 5.56 Å². The Morgan fingerprint density at radius 2 is 1.54 bits per heavy atom. The number of phenolic OH excluding ortho intramolecular Hbond substituents is 1. The predicted octanol–water partition coefficient (Wildman–Crippen LogP) is 3.75. The molecule has 0 radical (unpaired) electrons. The number of nitrogens with one attached hydrogen (secondary N) is 1. The molecule has 0 spiro atoms. The van der Waals surface area contributed by atoms with Crippen LogP contribution in [0.5, 0.6) is 5.75 Å². The summed E-state index contributed by atoms with van der Waals surface area (Å²) < 4.78 is 4.72. The molecule has 1 heterocycles. The molecular weight excluding hydrogens is 356 g/mol. The third-order valence-electron chi connectivity index (χ3n) is 4.49. The molecule has 0 atom stereocenters. The number of carbonyl (C=O) groups is 1. The van der Waals surface area contributed by atoms with Gasteiger partial charge in [0, 0.05) is 5.56 Å². The highest BCUT2D eigenvalue weighted by Crippen LogP contribution is 2.25. The maximum absolute atomic E-state index is 12.4. The molecule has 6 heteroatoms. The first kappa shape index (κ1) is 17.5. The molecule has 4 rings (SSSR count). The predicted molar refractivity (Wildman–Crippen MR) is 106 cm³/mol. The van der Waals surface area contributed by atoms with Crippen LogP contribution in [0.3, 0.4) is 0 Å². The highest BCUT2D eigenvalue weighted by atomic mass is 16.5. The van der Waals surface area contributed by atoms with Crippen molar-refractivity contribution in [2.75, 3.05) is 7.11 Å². The molecule has 138 valence electrons. The smallest absolute Gasteiger partial charge is 0.337 e. The van der Waals surface area contributed by atoms with E-state index in [1.807, 2.05) is 36.4 Å². The van der Waals surface area contributed by atoms with E-state index in [-0.39, 0.29) is 11.3 Å². The van der Waals surface area contributed by atoms with Gasteiger partial charge in [0.1, 0.15) is 11.6 Å². The molecule has 1 aromatic heterocycles. The second kappa shape index (κ2) is 7.00. The van der Waals surface area contributed by atoms with Crippen molar-refractivity contribution in [3.05, 3.63) is 82.6 Å². The van der Waals surface area contributed by atoms with Crippen LogP contribution < -0.4 is 5.56 Å². The number of hydrogen-bond donors (Lipinski definition) is 2. The number of esters is 1. The van der Waals surface area contributed by atoms with Gasteiger partial charge in [-0.2, -0.15) is 0 Å². The molecule has 3 aromatic carbocycles. The van der Waals surface area contributed by atoms with Crippen LogP contribution in [0, 0.1) is 0 Å². The van der Waals surface area contributed by atoms with Gasteiger partial charge in [0.15, 0.2) is 0 Å². The summed E-state index contributed by atoms with van der Waals surface area (Å²) in [4.78, 5) is 31.4. The van der Waals surface area contributed by atoms with Crippen LogP contribution in [0.25, 0.3) is 33.4 Å². The van der Waals surface area contributed by atoms with E-state index in [1.165, 1.54) is 13.2 Å². The standard InChI is InChI=1S/C22H16N2O4/c1-28-22(27)16-8-11-18-19(12-16)23-20(24-21(18)26)15-4-2-13(3-5-15)14-6-9-17(25)10-7-14/h2-12,25H,1H3,(H,23,24,26). The van der Waals surface area contributed by atoms with E-state index in [9.17, 15) is 14.7 Å². The lowest BCUT2D eigenvalue weighted by Gasteiger charge is -2.07. The molecule has 0 saturated heterocycles. The number of nitrogens with zero attached hydrogens (tertiary/aromatic N) is 1. The van der Waals surface area contributed by atoms with Crippen LogP contribution in [0.15, 0.2) is 71.5 Å². The zero-order chi connectivity index (χ0) is 19.7. The monoisotopic (exact) mass is 372 g/mol. The molecule has 0 fully saturated rings. The number of ether oxygens (including phenoxy) is 1. The van der Waals surface area contributed by atoms with E-state index >= 15 is 0 Å². The van der Waals surface area contributed by atoms with Crippen LogP contribution in [-0.2, 0) is 4.74 Å². The van der Waals surface area contributed by atoms with Crippen LogP contribution in [0.4, 0.5) is 0 Å². The number of aromatic amines is 1. The van der Waals surface area contributed by atoms with Gasteiger partial charge in [-0.15, -0.1) is 0 Å². The summed E-state index contributed by atoms with van der Waals surface area (Å²) in [6.07, 6.45) is 0. The fourth-order valence-electron chi connectivity index (χ4n) is 3.00. The Morgan fingerprint density at radius 3 is 2.18 bits per heavy atom. The first-order valence-electron chi connectivity index (χ1n) is 8.57. The third-order valence-corrected chi connectivity index (χ3v) is 4.49. The molecule has 0 unspecified atom stereocenters. The summed E-state index contributed by atoms with van der Waals surface area (Å²) >= 11 is 0. The molecule has 6 nitrogen and oxygen atoms in total. The Hall–Kier alpha value is -3.93. The number of hydrogen-bond acceptors (Lipinski definition) is 5. The van der Waals surface area contributed by atoms with Crippen molar-refractivity contribution in [3.8, 4) is 28.3 Å². The fourth-order valence-corrected chi connectivity index (χ4v) is 3.00. The van der Waals surface area contributed by atoms with Crippen molar-refractivity contribution in [2.24, 2.45) is 0 Å². The van der Waals surface area contributed by atoms with Crippen molar-refractivity contribution >= 4 is 16.9 Å². The van der Waals surface area contributed by atoms with E-state index in [0.29, 0.717) is 22.3 Å². The van der Waals surface area contributed by atoms with Crippen molar-refractivity contribution < 1.29 is 14.6 Å². The summed E-state index contributed by atoms with van der Waals surface area (Å²) in [5.41, 5.74) is 3.15. The van der Waals surface area contributed by atoms with E-state index in [4.69, 9.17) is 4.74 Å². The number of H-pyrrole nitrogens is 1. The lowest BCUT2D eigenvalue weighted by Crippen LogP contribution is -2.10. The van der Waals surface area contributed by atoms with Gasteiger partial charge >= 0.3 is 5.97 Å². The normalized spacial score (nSPS) is 10.8. The lowest BCUT2D eigenvalue weighted by molar-refractivity contribution is 0.0601. The fraction of sp³-hybridized carbons (Fsp3) is 0.0455. The third kappa shape index (κ3) is 3.23. The highest BCUT2D eigenvalue weighted by molar-refractivity contribution is 5.94. The number of phenols is 1. The van der Waals surface area contributed by atoms with E-state index in [2.05, 4.69) is 9.97 Å². The number of rotatable bonds is 3. The molecule has 0 aliphatic carbocycles. The van der Waals surface area contributed by atoms with Crippen LogP contribution >= 0.6 is 0 Å². The topological polar surface area (TPSA) is 92.3 Å². The van der Waals surface area contributed by atoms with E-state index in [0.717, 1.165) is 16.7 Å². The van der Waals surface area contributed by atoms with Crippen LogP contribution in [0.2, 0.25) is 0 Å². The number of benzene rings is 3. The minimum atomic E-state index is -0.483. The van der Waals surface area contributed by atoms with Gasteiger partial charge in [-0.1, -0.05) is 36.4 Å². The zero-order valence-electron chi connectivity index (χ0n) is 15.0. The number of fused-ring (bicyclic) bond motifs is 1. The summed E-state index contributed by atoms with van der Waals surface area (Å²) in [5.74, 6) is 0.144. The summed E-state index contributed by atoms with van der Waals surface area (Å²) in [5, 5.41) is 9.81. The molecule has 0 aliphatic heterocycles. The van der Waals surface area contributed by atoms with Gasteiger partial charge in [-0.05, 0) is 41.5 Å². The van der Waals surface area contributed by atoms with Gasteiger partial charge in [0.05, 0.1) is 23.6 Å². The number of carbonyl (C=O) groups excluding carboxylic acids is 1. The molecular formula is C22H16N2O4. The molecule has 0 saturated carbocycles. The zero-order valence-corrected chi connectivity index (χ0v) is 15.0. The Balaban J connectivity index is 1.74. The molecule has 0 aliphatic rings. The molecule has 0 amide bonds. The first-order valence-corrected chi connectivity index (χ1v) is 8.57. The minimum absolute atomic E-state index is 0.213. The van der Waals surface area contributed by atoms with Crippen LogP contribution in [0.1, 0.15) is 10.4 Å². The summed E-state index contributed by atoms with van der Waals surface area (Å²) in [7, 11) is 1.30. The van der Waals surface area contributed by atoms with Crippen molar-refractivity contribution in [1.82, 2.24) is 9.97 Å². The second-order valence-electron chi connectivity index (χ2n) is 6.26. The van der Waals surface area contributed by atoms with Gasteiger partial charge in [-0.3, -0.25) is 4.79 Å². The number of methoxy groups -OCH3 is 1. The second-order valence-corrected chi connectivity index (χ2v) is 6.26. The van der Waals surface area contributed by atoms with Crippen molar-refractivity contribution in [3.63, 3.8) is 0 Å². The Kier molecular flexibility index (Phi) is 4.37. The van der Waals surface area contributed by atoms with Gasteiger partial charge in [-0.25, -0.2) is 9.78 Å². The Labute approximate surface area is 160 Å². The quantitative estimate of drug-likeness (QED) is 0.534. The van der Waals surface area contributed by atoms with E-state index < -0.39 is 5.97 Å². The Bertz CT molecular complexity index is 1230. The highest BCUT2D eigenvalue weighted by Gasteiger charge is 2.11. The maximum Gasteiger partial charge on any atom is 0.337 e. The average molecular weight is 372 g/mol. The SMILES string of the molecule is COC(=O)c1ccc2c(=O)[nH]c(-c3ccc(-c4ccc(O)cc4)cc3)nc2c1. The van der Waals surface area contributed by atoms with E-state index in [1.54, 1.807) is 24.3 Å². The largest absolute Gasteiger partial charge is 0.508 e. The maximum atomic E-state index is 12.4. The minimum Gasteiger partial charge on any atom is -0.508 e. The van der Waals surface area contributed by atoms with Gasteiger partial charge < -0.3 is 14.8 Å². The number of aromatic hydroxyl groups is 1. The molecule has 4 aromatic rings. The van der Waals surface area contributed by atoms with Crippen molar-refractivity contribution in [1.29, 1.82) is 0 Å². The summed E-state index contributed by atoms with van der Waals surface area (Å²) in [6, 6.07) is 19.1. The van der Waals surface area contributed by atoms with Gasteiger partial charge in [0.2, 0.25) is 0 Å². The first-order chi connectivity index (χ1) is 13.5. The summed E-state index contributed by atoms with van der Waals surface area (Å²) in [6.45, 7) is 0. The average Bonchev–Trinajstić information content (AvgIpc) is 2.73. The van der Waals surface area contributed by atoms with Crippen molar-refractivity contribution in [2.45, 2.75) is 0 Å². The molecule has 2 N–H and O–H groups in total. The van der Waals surface area contributed by atoms with Crippen LogP contribution in [-0.4, -0.2) is 28.2 Å². The molecule has 0 bridgehead atoms.